The van der Waals surface area contributed by atoms with E-state index in [-0.39, 0.29) is 70.1 Å². The fourth-order valence-corrected chi connectivity index (χ4v) is 0. The zero-order valence-electron chi connectivity index (χ0n) is 6.34. The van der Waals surface area contributed by atoms with Gasteiger partial charge >= 0.3 is 18.3 Å². The van der Waals surface area contributed by atoms with E-state index >= 15 is 0 Å². The van der Waals surface area contributed by atoms with Crippen LogP contribution in [0, 0.1) is 0 Å². The maximum absolute atomic E-state index is 9.37. The molecule has 0 bridgehead atoms. The Labute approximate surface area is 113 Å². The van der Waals surface area contributed by atoms with Crippen molar-refractivity contribution in [3.05, 3.63) is 0 Å². The summed E-state index contributed by atoms with van der Waals surface area (Å²) in [5, 5.41) is 0. The van der Waals surface area contributed by atoms with Crippen molar-refractivity contribution in [1.29, 1.82) is 0 Å². The van der Waals surface area contributed by atoms with Crippen molar-refractivity contribution in [2.24, 2.45) is 0 Å². The third-order valence-corrected chi connectivity index (χ3v) is 2.40. The van der Waals surface area contributed by atoms with Crippen molar-refractivity contribution in [3.8, 4) is 0 Å². The van der Waals surface area contributed by atoms with Gasteiger partial charge in [0, 0.05) is 59.1 Å². The molecule has 0 fully saturated rings. The molecule has 2 radical (unpaired) electrons. The first-order valence-electron chi connectivity index (χ1n) is 1.20. The monoisotopic (exact) mass is 244 g/mol. The van der Waals surface area contributed by atoms with Crippen molar-refractivity contribution in [2.75, 3.05) is 0 Å². The third kappa shape index (κ3) is 11.7. The molecule has 0 aromatic carbocycles. The van der Waals surface area contributed by atoms with Gasteiger partial charge in [0.25, 0.3) is 0 Å². The molecule has 0 saturated carbocycles. The summed E-state index contributed by atoms with van der Waals surface area (Å²) in [6.07, 6.45) is 0. The molecular weight excluding hydrogens is 238 g/mol. The van der Waals surface area contributed by atoms with Crippen LogP contribution in [-0.4, -0.2) is 96.0 Å². The molecule has 0 aliphatic rings. The van der Waals surface area contributed by atoms with E-state index in [1.165, 1.54) is 0 Å². The van der Waals surface area contributed by atoms with Crippen molar-refractivity contribution < 1.29 is 36.9 Å². The Morgan fingerprint density at radius 1 is 0.667 bits per heavy atom. The van der Waals surface area contributed by atoms with Gasteiger partial charge in [-0.05, 0) is 0 Å². The van der Waals surface area contributed by atoms with Gasteiger partial charge in [0.15, 0.2) is 0 Å². The first-order chi connectivity index (χ1) is 3.25. The zero-order chi connectivity index (χ0) is 7.00. The summed E-state index contributed by atoms with van der Waals surface area (Å²) in [6, 6.07) is 0. The molecule has 0 aliphatic carbocycles. The molecule has 0 rings (SSSR count). The molecule has 12 heavy (non-hydrogen) atoms. The zero-order valence-corrected chi connectivity index (χ0v) is 12.0. The SMILES string of the molecule is O.O.O=S(=O)(O)S(=O)(=O)O.[Na].[Na]. The summed E-state index contributed by atoms with van der Waals surface area (Å²) in [7, 11) is -10.6. The molecule has 6 N–H and O–H groups in total. The summed E-state index contributed by atoms with van der Waals surface area (Å²) in [4.78, 5) is 0. The number of hydrogen-bond donors (Lipinski definition) is 2. The predicted molar refractivity (Wildman–Crippen MR) is 41.8 cm³/mol. The van der Waals surface area contributed by atoms with Crippen LogP contribution in [0.3, 0.4) is 0 Å². The Hall–Kier alpha value is 1.74. The minimum absolute atomic E-state index is 0. The molecule has 68 valence electrons. The van der Waals surface area contributed by atoms with E-state index < -0.39 is 18.3 Å². The summed E-state index contributed by atoms with van der Waals surface area (Å²) in [6.45, 7) is 0. The van der Waals surface area contributed by atoms with Gasteiger partial charge in [0.2, 0.25) is 0 Å². The normalized spacial score (nSPS) is 9.17. The molecule has 0 unspecified atom stereocenters. The minimum Gasteiger partial charge on any atom is -0.412 e. The number of rotatable bonds is 1. The topological polar surface area (TPSA) is 172 Å². The van der Waals surface area contributed by atoms with E-state index in [9.17, 15) is 16.8 Å². The molecule has 0 aliphatic heterocycles. The Morgan fingerprint density at radius 2 is 0.750 bits per heavy atom. The van der Waals surface area contributed by atoms with Gasteiger partial charge in [-0.15, -0.1) is 0 Å². The van der Waals surface area contributed by atoms with E-state index in [4.69, 9.17) is 9.11 Å². The van der Waals surface area contributed by atoms with Crippen molar-refractivity contribution in [2.45, 2.75) is 0 Å². The molecular formula is H6Na2O8S2. The Balaban J connectivity index is -0.0000000408. The van der Waals surface area contributed by atoms with Gasteiger partial charge in [0.1, 0.15) is 0 Å². The summed E-state index contributed by atoms with van der Waals surface area (Å²) in [5.41, 5.74) is 0. The van der Waals surface area contributed by atoms with Gasteiger partial charge in [-0.3, -0.25) is 9.11 Å². The second kappa shape index (κ2) is 9.30. The molecule has 8 nitrogen and oxygen atoms in total. The Bertz CT molecular complexity index is 227. The third-order valence-electron chi connectivity index (χ3n) is 0.266. The van der Waals surface area contributed by atoms with Gasteiger partial charge < -0.3 is 11.0 Å². The van der Waals surface area contributed by atoms with E-state index in [1.54, 1.807) is 0 Å². The smallest absolute Gasteiger partial charge is 0.397 e. The van der Waals surface area contributed by atoms with E-state index in [1.807, 2.05) is 0 Å². The minimum atomic E-state index is -5.31. The summed E-state index contributed by atoms with van der Waals surface area (Å²) < 4.78 is 52.5. The molecule has 0 atom stereocenters. The second-order valence-corrected chi connectivity index (χ2v) is 5.09. The fraction of sp³-hybridized carbons (Fsp3) is 0. The van der Waals surface area contributed by atoms with Crippen LogP contribution in [0.15, 0.2) is 0 Å². The van der Waals surface area contributed by atoms with Gasteiger partial charge in [-0.25, -0.2) is 0 Å². The van der Waals surface area contributed by atoms with Crippen LogP contribution < -0.4 is 0 Å². The van der Waals surface area contributed by atoms with E-state index in [0.717, 1.165) is 0 Å². The predicted octanol–water partition coefficient (Wildman–Crippen LogP) is -3.73. The maximum atomic E-state index is 9.37. The van der Waals surface area contributed by atoms with Crippen LogP contribution in [-0.2, 0) is 18.3 Å². The summed E-state index contributed by atoms with van der Waals surface area (Å²) >= 11 is 0. The average Bonchev–Trinajstić information content (AvgIpc) is 1.25. The maximum Gasteiger partial charge on any atom is 0.397 e. The second-order valence-electron chi connectivity index (χ2n) is 0.855. The standard InChI is InChI=1S/2Na.H2O6S2.2H2O/c;;1-7(2,3)8(4,5)6;;/h;;(H,1,2,3)(H,4,5,6);2*1H2. The first-order valence-corrected chi connectivity index (χ1v) is 4.60. The van der Waals surface area contributed by atoms with Crippen molar-refractivity contribution >= 4 is 77.4 Å². The Morgan fingerprint density at radius 3 is 0.750 bits per heavy atom. The van der Waals surface area contributed by atoms with Crippen LogP contribution in [0.2, 0.25) is 0 Å². The molecule has 0 saturated heterocycles. The summed E-state index contributed by atoms with van der Waals surface area (Å²) in [5.74, 6) is 0. The van der Waals surface area contributed by atoms with E-state index in [2.05, 4.69) is 0 Å². The van der Waals surface area contributed by atoms with Crippen LogP contribution in [0.5, 0.6) is 0 Å². The number of hydrogen-bond acceptors (Lipinski definition) is 4. The van der Waals surface area contributed by atoms with Gasteiger partial charge in [-0.2, -0.15) is 16.8 Å². The largest absolute Gasteiger partial charge is 0.412 e. The Kier molecular flexibility index (Phi) is 22.6. The quantitative estimate of drug-likeness (QED) is 0.272. The average molecular weight is 244 g/mol. The van der Waals surface area contributed by atoms with Crippen LogP contribution >= 0.6 is 0 Å². The van der Waals surface area contributed by atoms with E-state index in [0.29, 0.717) is 0 Å². The van der Waals surface area contributed by atoms with Crippen molar-refractivity contribution in [1.82, 2.24) is 0 Å². The first kappa shape index (κ1) is 29.2. The molecule has 0 aromatic rings. The molecule has 0 aromatic heterocycles. The van der Waals surface area contributed by atoms with Gasteiger partial charge in [0.05, 0.1) is 0 Å². The fourth-order valence-electron chi connectivity index (χ4n) is 0. The van der Waals surface area contributed by atoms with Crippen molar-refractivity contribution in [3.63, 3.8) is 0 Å². The molecule has 12 heteroatoms. The molecule has 0 amide bonds. The van der Waals surface area contributed by atoms with Crippen LogP contribution in [0.4, 0.5) is 0 Å². The van der Waals surface area contributed by atoms with Crippen LogP contribution in [0.1, 0.15) is 0 Å². The van der Waals surface area contributed by atoms with Crippen LogP contribution in [0.25, 0.3) is 0 Å². The molecule has 0 spiro atoms. The molecule has 0 heterocycles. The van der Waals surface area contributed by atoms with Gasteiger partial charge in [-0.1, -0.05) is 0 Å².